The standard InChI is InChI=1S/C19H30N4O2.2C2HF3O2/c1-21(2)18-16(19(24)23-8-4-5-9-23)14-15-6-10-22(12-13-25-3)11-7-17(15)20-18;2*3-2(4,5)1(6)7/h14H,4-13H2,1-3H3;2*(H,6,7). The van der Waals surface area contributed by atoms with Gasteiger partial charge in [0.05, 0.1) is 12.2 Å². The van der Waals surface area contributed by atoms with Crippen molar-refractivity contribution >= 4 is 23.7 Å². The van der Waals surface area contributed by atoms with Gasteiger partial charge >= 0.3 is 24.3 Å². The monoisotopic (exact) mass is 574 g/mol. The van der Waals surface area contributed by atoms with Gasteiger partial charge in [-0.05, 0) is 30.9 Å². The number of likely N-dealkylation sites (tertiary alicyclic amines) is 1. The fraction of sp³-hybridized carbons (Fsp3) is 0.652. The number of fused-ring (bicyclic) bond motifs is 1. The molecule has 1 fully saturated rings. The number of hydrogen-bond donors (Lipinski definition) is 2. The maximum Gasteiger partial charge on any atom is 0.490 e. The van der Waals surface area contributed by atoms with Crippen molar-refractivity contribution in [1.82, 2.24) is 14.8 Å². The first-order chi connectivity index (χ1) is 18.0. The van der Waals surface area contributed by atoms with E-state index < -0.39 is 24.3 Å². The summed E-state index contributed by atoms with van der Waals surface area (Å²) >= 11 is 0. The van der Waals surface area contributed by atoms with Gasteiger partial charge in [0, 0.05) is 66.0 Å². The third-order valence-corrected chi connectivity index (χ3v) is 5.68. The van der Waals surface area contributed by atoms with Gasteiger partial charge in [-0.1, -0.05) is 0 Å². The van der Waals surface area contributed by atoms with Crippen molar-refractivity contribution in [3.8, 4) is 0 Å². The van der Waals surface area contributed by atoms with E-state index in [4.69, 9.17) is 29.5 Å². The Morgan fingerprint density at radius 3 is 1.87 bits per heavy atom. The van der Waals surface area contributed by atoms with E-state index in [1.807, 2.05) is 23.9 Å². The molecule has 0 unspecified atom stereocenters. The van der Waals surface area contributed by atoms with Crippen LogP contribution in [0.5, 0.6) is 0 Å². The number of carboxylic acid groups (broad SMARTS) is 2. The van der Waals surface area contributed by atoms with Crippen LogP contribution in [0.15, 0.2) is 6.07 Å². The number of aromatic nitrogens is 1. The Morgan fingerprint density at radius 1 is 0.949 bits per heavy atom. The summed E-state index contributed by atoms with van der Waals surface area (Å²) < 4.78 is 68.7. The summed E-state index contributed by atoms with van der Waals surface area (Å²) in [4.78, 5) is 42.0. The van der Waals surface area contributed by atoms with E-state index in [9.17, 15) is 31.1 Å². The predicted molar refractivity (Wildman–Crippen MR) is 127 cm³/mol. The average Bonchev–Trinajstić information content (AvgIpc) is 3.30. The molecule has 3 rings (SSSR count). The van der Waals surface area contributed by atoms with E-state index in [-0.39, 0.29) is 5.91 Å². The van der Waals surface area contributed by atoms with Crippen LogP contribution in [-0.4, -0.2) is 116 Å². The van der Waals surface area contributed by atoms with Crippen LogP contribution in [0.4, 0.5) is 32.2 Å². The lowest BCUT2D eigenvalue weighted by molar-refractivity contribution is -0.193. The second-order valence-corrected chi connectivity index (χ2v) is 8.80. The van der Waals surface area contributed by atoms with Gasteiger partial charge in [-0.3, -0.25) is 4.79 Å². The van der Waals surface area contributed by atoms with Crippen LogP contribution in [0.25, 0.3) is 0 Å². The van der Waals surface area contributed by atoms with Crippen molar-refractivity contribution in [2.45, 2.75) is 38.0 Å². The molecule has 1 saturated heterocycles. The van der Waals surface area contributed by atoms with Crippen LogP contribution in [0.1, 0.15) is 34.5 Å². The molecule has 0 bridgehead atoms. The number of aliphatic carboxylic acids is 2. The number of alkyl halides is 6. The van der Waals surface area contributed by atoms with E-state index in [0.717, 1.165) is 82.1 Å². The third-order valence-electron chi connectivity index (χ3n) is 5.68. The minimum absolute atomic E-state index is 0.136. The number of halogens is 6. The Kier molecular flexibility index (Phi) is 12.9. The molecule has 10 nitrogen and oxygen atoms in total. The lowest BCUT2D eigenvalue weighted by Crippen LogP contribution is -2.30. The van der Waals surface area contributed by atoms with Crippen molar-refractivity contribution in [1.29, 1.82) is 0 Å². The zero-order chi connectivity index (χ0) is 30.0. The Hall–Kier alpha value is -3.14. The first kappa shape index (κ1) is 33.9. The highest BCUT2D eigenvalue weighted by atomic mass is 19.4. The molecule has 0 spiro atoms. The van der Waals surface area contributed by atoms with Gasteiger partial charge in [-0.2, -0.15) is 26.3 Å². The topological polar surface area (TPSA) is 124 Å². The molecular weight excluding hydrogens is 542 g/mol. The summed E-state index contributed by atoms with van der Waals surface area (Å²) in [5.74, 6) is -4.57. The third kappa shape index (κ3) is 11.2. The van der Waals surface area contributed by atoms with E-state index in [2.05, 4.69) is 11.0 Å². The summed E-state index contributed by atoms with van der Waals surface area (Å²) in [5.41, 5.74) is 3.13. The molecule has 16 heteroatoms. The Labute approximate surface area is 221 Å². The fourth-order valence-electron chi connectivity index (χ4n) is 3.70. The number of anilines is 1. The average molecular weight is 575 g/mol. The number of carbonyl (C=O) groups excluding carboxylic acids is 1. The maximum absolute atomic E-state index is 13.0. The summed E-state index contributed by atoms with van der Waals surface area (Å²) in [5, 5.41) is 14.2. The second kappa shape index (κ2) is 14.9. The molecule has 2 aliphatic heterocycles. The maximum atomic E-state index is 13.0. The zero-order valence-corrected chi connectivity index (χ0v) is 21.7. The van der Waals surface area contributed by atoms with Crippen LogP contribution in [-0.2, 0) is 27.2 Å². The van der Waals surface area contributed by atoms with Crippen LogP contribution in [0.3, 0.4) is 0 Å². The van der Waals surface area contributed by atoms with E-state index >= 15 is 0 Å². The Bertz CT molecular complexity index is 957. The molecule has 1 amide bonds. The number of carbonyl (C=O) groups is 3. The summed E-state index contributed by atoms with van der Waals surface area (Å²) in [6.07, 6.45) is -6.08. The Balaban J connectivity index is 0.000000449. The van der Waals surface area contributed by atoms with Crippen molar-refractivity contribution in [2.75, 3.05) is 65.4 Å². The minimum atomic E-state index is -5.08. The van der Waals surface area contributed by atoms with Gasteiger partial charge in [0.25, 0.3) is 5.91 Å². The number of methoxy groups -OCH3 is 1. The molecule has 1 aromatic rings. The molecule has 39 heavy (non-hydrogen) atoms. The molecule has 2 aliphatic rings. The lowest BCUT2D eigenvalue weighted by Gasteiger charge is -2.22. The van der Waals surface area contributed by atoms with E-state index in [1.54, 1.807) is 7.11 Å². The largest absolute Gasteiger partial charge is 0.490 e. The van der Waals surface area contributed by atoms with Crippen molar-refractivity contribution in [3.63, 3.8) is 0 Å². The minimum Gasteiger partial charge on any atom is -0.475 e. The van der Waals surface area contributed by atoms with Gasteiger partial charge in [0.15, 0.2) is 0 Å². The molecule has 222 valence electrons. The fourth-order valence-corrected chi connectivity index (χ4v) is 3.70. The van der Waals surface area contributed by atoms with Crippen LogP contribution < -0.4 is 4.90 Å². The number of amides is 1. The van der Waals surface area contributed by atoms with Gasteiger partial charge in [-0.25, -0.2) is 14.6 Å². The van der Waals surface area contributed by atoms with E-state index in [0.29, 0.717) is 0 Å². The summed E-state index contributed by atoms with van der Waals surface area (Å²) in [6, 6.07) is 2.11. The van der Waals surface area contributed by atoms with Crippen LogP contribution in [0.2, 0.25) is 0 Å². The zero-order valence-electron chi connectivity index (χ0n) is 21.7. The summed E-state index contributed by atoms with van der Waals surface area (Å²) in [7, 11) is 5.68. The van der Waals surface area contributed by atoms with Gasteiger partial charge in [0.2, 0.25) is 0 Å². The predicted octanol–water partition coefficient (Wildman–Crippen LogP) is 2.70. The van der Waals surface area contributed by atoms with Crippen LogP contribution >= 0.6 is 0 Å². The molecule has 0 radical (unpaired) electrons. The van der Waals surface area contributed by atoms with Crippen LogP contribution in [0, 0.1) is 0 Å². The quantitative estimate of drug-likeness (QED) is 0.511. The summed E-state index contributed by atoms with van der Waals surface area (Å²) in [6.45, 7) is 5.43. The molecule has 1 aromatic heterocycles. The van der Waals surface area contributed by atoms with Gasteiger partial charge in [-0.15, -0.1) is 0 Å². The van der Waals surface area contributed by atoms with E-state index in [1.165, 1.54) is 5.56 Å². The smallest absolute Gasteiger partial charge is 0.475 e. The number of rotatable bonds is 5. The first-order valence-corrected chi connectivity index (χ1v) is 11.8. The van der Waals surface area contributed by atoms with Crippen molar-refractivity contribution < 1.29 is 55.7 Å². The molecule has 2 N–H and O–H groups in total. The highest BCUT2D eigenvalue weighted by Gasteiger charge is 2.39. The van der Waals surface area contributed by atoms with Crippen molar-refractivity contribution in [2.24, 2.45) is 0 Å². The molecule has 0 aromatic carbocycles. The van der Waals surface area contributed by atoms with Gasteiger partial charge < -0.3 is 29.6 Å². The molecule has 0 saturated carbocycles. The highest BCUT2D eigenvalue weighted by Crippen LogP contribution is 2.26. The molecule has 0 aliphatic carbocycles. The Morgan fingerprint density at radius 2 is 1.44 bits per heavy atom. The van der Waals surface area contributed by atoms with Gasteiger partial charge in [0.1, 0.15) is 5.82 Å². The first-order valence-electron chi connectivity index (χ1n) is 11.8. The number of carboxylic acids is 2. The SMILES string of the molecule is COCCN1CCc2cc(C(=O)N3CCCC3)c(N(C)C)nc2CC1.O=C(O)C(F)(F)F.O=C(O)C(F)(F)F. The number of ether oxygens (including phenoxy) is 1. The molecule has 3 heterocycles. The second-order valence-electron chi connectivity index (χ2n) is 8.80. The lowest BCUT2D eigenvalue weighted by atomic mass is 10.0. The molecule has 0 atom stereocenters. The highest BCUT2D eigenvalue weighted by molar-refractivity contribution is 5.99. The normalized spacial score (nSPS) is 15.7. The molecular formula is C23H32F6N4O6. The number of pyridine rings is 1. The number of nitrogens with zero attached hydrogens (tertiary/aromatic N) is 4. The van der Waals surface area contributed by atoms with Crippen molar-refractivity contribution in [3.05, 3.63) is 22.9 Å². The number of hydrogen-bond acceptors (Lipinski definition) is 7.